The number of hydrogen-bond acceptors (Lipinski definition) is 5. The number of aryl methyl sites for hydroxylation is 1. The molecule has 1 aliphatic rings. The maximum absolute atomic E-state index is 10.9. The van der Waals surface area contributed by atoms with Crippen LogP contribution in [0.4, 0.5) is 0 Å². The monoisotopic (exact) mass is 287 g/mol. The smallest absolute Gasteiger partial charge is 0.347 e. The summed E-state index contributed by atoms with van der Waals surface area (Å²) in [7, 11) is 0. The number of aromatic nitrogens is 1. The second-order valence-corrected chi connectivity index (χ2v) is 7.31. The summed E-state index contributed by atoms with van der Waals surface area (Å²) < 4.78 is 6.71. The van der Waals surface area contributed by atoms with E-state index in [1.165, 1.54) is 11.3 Å². The second kappa shape index (κ2) is 5.19. The molecule has 1 unspecified atom stereocenters. The quantitative estimate of drug-likeness (QED) is 0.862. The molecule has 0 radical (unpaired) electrons. The number of carboxylic acid groups (broad SMARTS) is 1. The fourth-order valence-electron chi connectivity index (χ4n) is 1.99. The fraction of sp³-hybridized carbons (Fsp3) is 0.667. The van der Waals surface area contributed by atoms with Crippen LogP contribution in [-0.4, -0.2) is 33.5 Å². The van der Waals surface area contributed by atoms with Gasteiger partial charge in [0.1, 0.15) is 4.88 Å². The molecule has 0 aliphatic carbocycles. The molecular formula is C12H17NO3S2. The lowest BCUT2D eigenvalue weighted by atomic mass is 10.1. The number of nitrogens with zero attached hydrogens (tertiary/aromatic N) is 1. The minimum absolute atomic E-state index is 0.0176. The standard InChI is InChI=1S/C12H17NO3S2/c1-7-9(10(14)15)18-11(13-7)17-6-8-4-5-12(2,3)16-8/h8H,4-6H2,1-3H3,(H,14,15). The van der Waals surface area contributed by atoms with Gasteiger partial charge in [-0.3, -0.25) is 0 Å². The number of hydrogen-bond donors (Lipinski definition) is 1. The summed E-state index contributed by atoms with van der Waals surface area (Å²) in [5.41, 5.74) is 0.582. The van der Waals surface area contributed by atoms with Crippen LogP contribution in [0.15, 0.2) is 4.34 Å². The summed E-state index contributed by atoms with van der Waals surface area (Å²) in [4.78, 5) is 15.5. The fourth-order valence-corrected chi connectivity index (χ4v) is 4.08. The minimum atomic E-state index is -0.893. The summed E-state index contributed by atoms with van der Waals surface area (Å²) in [5, 5.41) is 8.96. The highest BCUT2D eigenvalue weighted by Gasteiger charge is 2.31. The van der Waals surface area contributed by atoms with Gasteiger partial charge in [0, 0.05) is 5.75 Å². The van der Waals surface area contributed by atoms with Crippen LogP contribution in [-0.2, 0) is 4.74 Å². The Labute approximate surface area is 115 Å². The van der Waals surface area contributed by atoms with E-state index >= 15 is 0 Å². The van der Waals surface area contributed by atoms with Crippen LogP contribution in [0, 0.1) is 6.92 Å². The van der Waals surface area contributed by atoms with Gasteiger partial charge >= 0.3 is 5.97 Å². The van der Waals surface area contributed by atoms with Gasteiger partial charge in [0.2, 0.25) is 0 Å². The number of thioether (sulfide) groups is 1. The topological polar surface area (TPSA) is 59.4 Å². The number of thiazole rings is 1. The first-order valence-corrected chi connectivity index (χ1v) is 7.69. The Kier molecular flexibility index (Phi) is 3.99. The normalized spacial score (nSPS) is 22.3. The molecule has 1 aliphatic heterocycles. The SMILES string of the molecule is Cc1nc(SCC2CCC(C)(C)O2)sc1C(=O)O. The summed E-state index contributed by atoms with van der Waals surface area (Å²) in [6, 6.07) is 0. The first-order valence-electron chi connectivity index (χ1n) is 5.89. The van der Waals surface area contributed by atoms with Crippen molar-refractivity contribution < 1.29 is 14.6 Å². The van der Waals surface area contributed by atoms with Crippen LogP contribution in [0.5, 0.6) is 0 Å². The Morgan fingerprint density at radius 2 is 2.39 bits per heavy atom. The molecule has 2 heterocycles. The summed E-state index contributed by atoms with van der Waals surface area (Å²) in [5.74, 6) is -0.0507. The van der Waals surface area contributed by atoms with Crippen LogP contribution in [0.25, 0.3) is 0 Å². The largest absolute Gasteiger partial charge is 0.477 e. The highest BCUT2D eigenvalue weighted by molar-refractivity contribution is 8.01. The molecule has 0 bridgehead atoms. The highest BCUT2D eigenvalue weighted by Crippen LogP contribution is 2.34. The third-order valence-corrected chi connectivity index (χ3v) is 5.34. The minimum Gasteiger partial charge on any atom is -0.477 e. The molecule has 1 saturated heterocycles. The van der Waals surface area contributed by atoms with E-state index in [1.54, 1.807) is 18.7 Å². The number of aromatic carboxylic acids is 1. The third kappa shape index (κ3) is 3.24. The Morgan fingerprint density at radius 3 is 2.89 bits per heavy atom. The van der Waals surface area contributed by atoms with Crippen LogP contribution in [0.2, 0.25) is 0 Å². The summed E-state index contributed by atoms with van der Waals surface area (Å²) in [6.07, 6.45) is 2.40. The van der Waals surface area contributed by atoms with Gasteiger partial charge in [-0.15, -0.1) is 11.3 Å². The van der Waals surface area contributed by atoms with Crippen molar-refractivity contribution >= 4 is 29.1 Å². The molecule has 18 heavy (non-hydrogen) atoms. The van der Waals surface area contributed by atoms with Gasteiger partial charge < -0.3 is 9.84 Å². The molecular weight excluding hydrogens is 270 g/mol. The van der Waals surface area contributed by atoms with E-state index in [0.717, 1.165) is 22.9 Å². The van der Waals surface area contributed by atoms with Crippen LogP contribution >= 0.6 is 23.1 Å². The molecule has 4 nitrogen and oxygen atoms in total. The van der Waals surface area contributed by atoms with Crippen molar-refractivity contribution in [2.75, 3.05) is 5.75 Å². The van der Waals surface area contributed by atoms with Gasteiger partial charge in [0.15, 0.2) is 4.34 Å². The lowest BCUT2D eigenvalue weighted by Crippen LogP contribution is -2.20. The summed E-state index contributed by atoms with van der Waals surface area (Å²) in [6.45, 7) is 5.95. The van der Waals surface area contributed by atoms with Crippen LogP contribution in [0.1, 0.15) is 42.1 Å². The van der Waals surface area contributed by atoms with E-state index in [9.17, 15) is 4.79 Å². The molecule has 0 saturated carbocycles. The second-order valence-electron chi connectivity index (χ2n) is 5.05. The van der Waals surface area contributed by atoms with Crippen molar-refractivity contribution in [3.8, 4) is 0 Å². The predicted octanol–water partition coefficient (Wildman–Crippen LogP) is 3.20. The van der Waals surface area contributed by atoms with Gasteiger partial charge in [-0.05, 0) is 33.6 Å². The highest BCUT2D eigenvalue weighted by atomic mass is 32.2. The summed E-state index contributed by atoms with van der Waals surface area (Å²) >= 11 is 2.84. The molecule has 1 N–H and O–H groups in total. The lowest BCUT2D eigenvalue weighted by molar-refractivity contribution is -0.00467. The number of ether oxygens (including phenoxy) is 1. The molecule has 1 atom stereocenters. The van der Waals surface area contributed by atoms with Crippen molar-refractivity contribution in [2.24, 2.45) is 0 Å². The van der Waals surface area contributed by atoms with Gasteiger partial charge in [-0.2, -0.15) is 0 Å². The van der Waals surface area contributed by atoms with Crippen molar-refractivity contribution in [1.82, 2.24) is 4.98 Å². The zero-order valence-electron chi connectivity index (χ0n) is 10.7. The Morgan fingerprint density at radius 1 is 1.67 bits per heavy atom. The van der Waals surface area contributed by atoms with Crippen molar-refractivity contribution in [2.45, 2.75) is 49.7 Å². The molecule has 0 amide bonds. The molecule has 1 aromatic rings. The Balaban J connectivity index is 1.91. The van der Waals surface area contributed by atoms with Gasteiger partial charge in [0.05, 0.1) is 17.4 Å². The zero-order valence-corrected chi connectivity index (χ0v) is 12.4. The molecule has 1 fully saturated rings. The van der Waals surface area contributed by atoms with Gasteiger partial charge in [-0.25, -0.2) is 9.78 Å². The van der Waals surface area contributed by atoms with E-state index in [-0.39, 0.29) is 11.7 Å². The first-order chi connectivity index (χ1) is 8.37. The molecule has 2 rings (SSSR count). The van der Waals surface area contributed by atoms with Gasteiger partial charge in [-0.1, -0.05) is 11.8 Å². The van der Waals surface area contributed by atoms with E-state index in [4.69, 9.17) is 9.84 Å². The van der Waals surface area contributed by atoms with E-state index in [0.29, 0.717) is 10.6 Å². The number of carbonyl (C=O) groups is 1. The van der Waals surface area contributed by atoms with Gasteiger partial charge in [0.25, 0.3) is 0 Å². The molecule has 6 heteroatoms. The average molecular weight is 287 g/mol. The average Bonchev–Trinajstić information content (AvgIpc) is 2.79. The van der Waals surface area contributed by atoms with Crippen molar-refractivity contribution in [3.63, 3.8) is 0 Å². The molecule has 0 aromatic carbocycles. The van der Waals surface area contributed by atoms with E-state index in [1.807, 2.05) is 0 Å². The number of carboxylic acids is 1. The van der Waals surface area contributed by atoms with Crippen molar-refractivity contribution in [1.29, 1.82) is 0 Å². The molecule has 100 valence electrons. The maximum atomic E-state index is 10.9. The zero-order chi connectivity index (χ0) is 13.3. The van der Waals surface area contributed by atoms with E-state index in [2.05, 4.69) is 18.8 Å². The molecule has 0 spiro atoms. The first kappa shape index (κ1) is 13.8. The number of rotatable bonds is 4. The lowest BCUT2D eigenvalue weighted by Gasteiger charge is -2.18. The van der Waals surface area contributed by atoms with Crippen molar-refractivity contribution in [3.05, 3.63) is 10.6 Å². The predicted molar refractivity (Wildman–Crippen MR) is 72.7 cm³/mol. The van der Waals surface area contributed by atoms with Crippen LogP contribution in [0.3, 0.4) is 0 Å². The van der Waals surface area contributed by atoms with E-state index < -0.39 is 5.97 Å². The molecule has 1 aromatic heterocycles. The Bertz CT molecular complexity index is 456. The Hall–Kier alpha value is -0.590. The third-order valence-electron chi connectivity index (χ3n) is 2.92. The van der Waals surface area contributed by atoms with Crippen LogP contribution < -0.4 is 0 Å². The maximum Gasteiger partial charge on any atom is 0.347 e.